The van der Waals surface area contributed by atoms with Gasteiger partial charge in [0, 0.05) is 17.8 Å². The number of halogens is 1. The second-order valence-corrected chi connectivity index (χ2v) is 5.58. The van der Waals surface area contributed by atoms with E-state index in [0.29, 0.717) is 18.3 Å². The van der Waals surface area contributed by atoms with Crippen molar-refractivity contribution in [1.29, 1.82) is 0 Å². The molecule has 2 aromatic heterocycles. The molecule has 0 aliphatic carbocycles. The molecule has 0 aliphatic heterocycles. The number of benzene rings is 1. The zero-order valence-corrected chi connectivity index (χ0v) is 13.7. The van der Waals surface area contributed by atoms with Gasteiger partial charge in [-0.15, -0.1) is 5.10 Å². The summed E-state index contributed by atoms with van der Waals surface area (Å²) in [5.74, 6) is 1.14. The molecule has 122 valence electrons. The van der Waals surface area contributed by atoms with Gasteiger partial charge in [-0.3, -0.25) is 4.98 Å². The van der Waals surface area contributed by atoms with Gasteiger partial charge in [-0.25, -0.2) is 0 Å². The highest BCUT2D eigenvalue weighted by Gasteiger charge is 2.01. The summed E-state index contributed by atoms with van der Waals surface area (Å²) in [5.41, 5.74) is 2.09. The number of hydrogen-bond donors (Lipinski definition) is 2. The molecule has 0 unspecified atom stereocenters. The number of rotatable bonds is 7. The van der Waals surface area contributed by atoms with Crippen LogP contribution in [0.3, 0.4) is 0 Å². The van der Waals surface area contributed by atoms with Gasteiger partial charge in [0.05, 0.1) is 18.4 Å². The summed E-state index contributed by atoms with van der Waals surface area (Å²) in [4.78, 5) is 8.63. The lowest BCUT2D eigenvalue weighted by molar-refractivity contribution is 0.919. The fraction of sp³-hybridized carbons (Fsp3) is 0.176. The van der Waals surface area contributed by atoms with Crippen molar-refractivity contribution in [1.82, 2.24) is 20.2 Å². The molecule has 6 nitrogen and oxygen atoms in total. The molecule has 0 amide bonds. The Hall–Kier alpha value is -2.73. The van der Waals surface area contributed by atoms with E-state index in [1.807, 2.05) is 42.5 Å². The summed E-state index contributed by atoms with van der Waals surface area (Å²) in [5, 5.41) is 15.0. The molecule has 0 spiro atoms. The van der Waals surface area contributed by atoms with Gasteiger partial charge in [0.25, 0.3) is 0 Å². The third-order valence-corrected chi connectivity index (χ3v) is 3.56. The first-order valence-electron chi connectivity index (χ1n) is 7.61. The maximum Gasteiger partial charge on any atom is 0.245 e. The molecule has 2 heterocycles. The molecule has 0 aliphatic rings. The third kappa shape index (κ3) is 4.89. The second-order valence-electron chi connectivity index (χ2n) is 5.15. The lowest BCUT2D eigenvalue weighted by Crippen LogP contribution is -2.10. The Morgan fingerprint density at radius 1 is 1.04 bits per heavy atom. The van der Waals surface area contributed by atoms with E-state index in [9.17, 15) is 0 Å². The summed E-state index contributed by atoms with van der Waals surface area (Å²) in [6.07, 6.45) is 4.20. The van der Waals surface area contributed by atoms with Crippen LogP contribution in [0.25, 0.3) is 0 Å². The van der Waals surface area contributed by atoms with Crippen LogP contribution in [0.15, 0.2) is 54.9 Å². The fourth-order valence-electron chi connectivity index (χ4n) is 2.16. The smallest absolute Gasteiger partial charge is 0.245 e. The normalized spacial score (nSPS) is 10.4. The van der Waals surface area contributed by atoms with E-state index in [0.717, 1.165) is 23.7 Å². The molecule has 24 heavy (non-hydrogen) atoms. The van der Waals surface area contributed by atoms with Crippen LogP contribution in [0.5, 0.6) is 0 Å². The molecular formula is C17H17ClN6. The number of pyridine rings is 1. The Morgan fingerprint density at radius 3 is 2.83 bits per heavy atom. The van der Waals surface area contributed by atoms with E-state index >= 15 is 0 Å². The van der Waals surface area contributed by atoms with Gasteiger partial charge in [-0.1, -0.05) is 29.8 Å². The number of nitrogens with zero attached hydrogens (tertiary/aromatic N) is 4. The standard InChI is InChI=1S/C17H17ClN6/c18-14-5-3-4-13(10-14)7-9-20-16-12-22-24-17(23-16)21-11-15-6-1-2-8-19-15/h1-6,8,10,12H,7,9,11H2,(H2,20,21,23,24). The lowest BCUT2D eigenvalue weighted by atomic mass is 10.1. The molecule has 7 heteroatoms. The summed E-state index contributed by atoms with van der Waals surface area (Å²) < 4.78 is 0. The van der Waals surface area contributed by atoms with Crippen molar-refractivity contribution in [2.45, 2.75) is 13.0 Å². The predicted octanol–water partition coefficient (Wildman–Crippen LogP) is 3.19. The van der Waals surface area contributed by atoms with Crippen molar-refractivity contribution < 1.29 is 0 Å². The molecule has 0 radical (unpaired) electrons. The SMILES string of the molecule is Clc1cccc(CCNc2cnnc(NCc3ccccn3)n2)c1. The summed E-state index contributed by atoms with van der Waals surface area (Å²) in [7, 11) is 0. The lowest BCUT2D eigenvalue weighted by Gasteiger charge is -2.07. The number of aromatic nitrogens is 4. The van der Waals surface area contributed by atoms with Crippen molar-refractivity contribution in [3.05, 3.63) is 71.1 Å². The summed E-state index contributed by atoms with van der Waals surface area (Å²) >= 11 is 5.98. The maximum atomic E-state index is 5.98. The first kappa shape index (κ1) is 16.1. The van der Waals surface area contributed by atoms with Crippen molar-refractivity contribution in [3.63, 3.8) is 0 Å². The zero-order chi connectivity index (χ0) is 16.6. The Labute approximate surface area is 145 Å². The Balaban J connectivity index is 1.51. The third-order valence-electron chi connectivity index (χ3n) is 3.32. The highest BCUT2D eigenvalue weighted by molar-refractivity contribution is 6.30. The van der Waals surface area contributed by atoms with E-state index in [-0.39, 0.29) is 0 Å². The molecule has 3 aromatic rings. The average Bonchev–Trinajstić information content (AvgIpc) is 2.61. The van der Waals surface area contributed by atoms with Crippen LogP contribution in [0, 0.1) is 0 Å². The topological polar surface area (TPSA) is 75.6 Å². The van der Waals surface area contributed by atoms with Crippen molar-refractivity contribution in [2.75, 3.05) is 17.2 Å². The molecule has 0 bridgehead atoms. The quantitative estimate of drug-likeness (QED) is 0.688. The molecule has 0 fully saturated rings. The van der Waals surface area contributed by atoms with E-state index in [1.54, 1.807) is 12.4 Å². The van der Waals surface area contributed by atoms with Crippen molar-refractivity contribution in [2.24, 2.45) is 0 Å². The van der Waals surface area contributed by atoms with Gasteiger partial charge in [0.1, 0.15) is 0 Å². The average molecular weight is 341 g/mol. The second kappa shape index (κ2) is 8.21. The number of nitrogens with one attached hydrogen (secondary N) is 2. The Morgan fingerprint density at radius 2 is 2.00 bits per heavy atom. The zero-order valence-electron chi connectivity index (χ0n) is 13.0. The minimum absolute atomic E-state index is 0.466. The number of anilines is 2. The Bertz CT molecular complexity index is 781. The van der Waals surface area contributed by atoms with Gasteiger partial charge in [0.2, 0.25) is 5.95 Å². The maximum absolute atomic E-state index is 5.98. The van der Waals surface area contributed by atoms with Crippen LogP contribution in [0.2, 0.25) is 5.02 Å². The fourth-order valence-corrected chi connectivity index (χ4v) is 2.38. The molecule has 3 rings (SSSR count). The highest BCUT2D eigenvalue weighted by Crippen LogP contribution is 2.11. The van der Waals surface area contributed by atoms with Crippen LogP contribution in [0.4, 0.5) is 11.8 Å². The monoisotopic (exact) mass is 340 g/mol. The van der Waals surface area contributed by atoms with E-state index in [1.165, 1.54) is 5.56 Å². The summed E-state index contributed by atoms with van der Waals surface area (Å²) in [6.45, 7) is 1.28. The van der Waals surface area contributed by atoms with Gasteiger partial charge >= 0.3 is 0 Å². The predicted molar refractivity (Wildman–Crippen MR) is 95.0 cm³/mol. The van der Waals surface area contributed by atoms with E-state index in [2.05, 4.69) is 30.8 Å². The van der Waals surface area contributed by atoms with E-state index < -0.39 is 0 Å². The summed E-state index contributed by atoms with van der Waals surface area (Å²) in [6, 6.07) is 13.6. The van der Waals surface area contributed by atoms with Gasteiger partial charge in [0.15, 0.2) is 5.82 Å². The number of hydrogen-bond acceptors (Lipinski definition) is 6. The molecule has 0 atom stereocenters. The molecule has 1 aromatic carbocycles. The molecule has 2 N–H and O–H groups in total. The van der Waals surface area contributed by atoms with Gasteiger partial charge < -0.3 is 10.6 Å². The van der Waals surface area contributed by atoms with Crippen molar-refractivity contribution in [3.8, 4) is 0 Å². The minimum Gasteiger partial charge on any atom is -0.368 e. The first-order valence-corrected chi connectivity index (χ1v) is 7.99. The van der Waals surface area contributed by atoms with Crippen LogP contribution < -0.4 is 10.6 Å². The van der Waals surface area contributed by atoms with Crippen LogP contribution in [-0.4, -0.2) is 26.7 Å². The first-order chi connectivity index (χ1) is 11.8. The van der Waals surface area contributed by atoms with Crippen LogP contribution in [0.1, 0.15) is 11.3 Å². The Kier molecular flexibility index (Phi) is 5.52. The van der Waals surface area contributed by atoms with Crippen LogP contribution in [-0.2, 0) is 13.0 Å². The van der Waals surface area contributed by atoms with Gasteiger partial charge in [-0.2, -0.15) is 10.1 Å². The van der Waals surface area contributed by atoms with Crippen LogP contribution >= 0.6 is 11.6 Å². The molecule has 0 saturated carbocycles. The largest absolute Gasteiger partial charge is 0.368 e. The van der Waals surface area contributed by atoms with Crippen molar-refractivity contribution >= 4 is 23.4 Å². The van der Waals surface area contributed by atoms with Gasteiger partial charge in [-0.05, 0) is 36.2 Å². The minimum atomic E-state index is 0.466. The van der Waals surface area contributed by atoms with E-state index in [4.69, 9.17) is 11.6 Å². The highest BCUT2D eigenvalue weighted by atomic mass is 35.5. The molecule has 0 saturated heterocycles. The molecular weight excluding hydrogens is 324 g/mol.